The van der Waals surface area contributed by atoms with E-state index in [1.54, 1.807) is 0 Å². The lowest BCUT2D eigenvalue weighted by atomic mass is 10.2. The Kier molecular flexibility index (Phi) is 2.54. The number of aromatic nitrogens is 1. The van der Waals surface area contributed by atoms with Crippen molar-refractivity contribution in [1.29, 1.82) is 0 Å². The molecule has 0 unspecified atom stereocenters. The monoisotopic (exact) mass is 207 g/mol. The molecule has 5 nitrogen and oxygen atoms in total. The molecule has 2 N–H and O–H groups in total. The third kappa shape index (κ3) is 1.73. The van der Waals surface area contributed by atoms with Gasteiger partial charge in [0.05, 0.1) is 11.0 Å². The second kappa shape index (κ2) is 3.48. The molecule has 1 rings (SSSR count). The molecular formula is C6H4F3N3O2. The molecule has 8 heteroatoms. The first kappa shape index (κ1) is 10.2. The van der Waals surface area contributed by atoms with Gasteiger partial charge in [0.1, 0.15) is 11.4 Å². The highest BCUT2D eigenvalue weighted by atomic mass is 19.3. The number of nitrogens with zero attached hydrogens (tertiary/aromatic N) is 2. The molecule has 0 aliphatic heterocycles. The molecule has 0 atom stereocenters. The van der Waals surface area contributed by atoms with E-state index in [0.29, 0.717) is 6.07 Å². The standard InChI is InChI=1S/C6H4F3N3O2/c7-3-1-2(12(13)14)4(5(8)9)6(10)11-3/h1,5H,(H2,10,11). The Hall–Kier alpha value is -1.86. The summed E-state index contributed by atoms with van der Waals surface area (Å²) in [6, 6.07) is 0.303. The van der Waals surface area contributed by atoms with Gasteiger partial charge >= 0.3 is 0 Å². The third-order valence-corrected chi connectivity index (χ3v) is 1.45. The van der Waals surface area contributed by atoms with Gasteiger partial charge in [-0.1, -0.05) is 0 Å². The molecule has 76 valence electrons. The van der Waals surface area contributed by atoms with Crippen LogP contribution in [0.4, 0.5) is 24.7 Å². The Labute approximate surface area is 75.5 Å². The Bertz CT molecular complexity index is 383. The molecule has 0 fully saturated rings. The molecule has 0 saturated heterocycles. The quantitative estimate of drug-likeness (QED) is 0.454. The number of pyridine rings is 1. The number of alkyl halides is 2. The first-order valence-corrected chi connectivity index (χ1v) is 3.32. The van der Waals surface area contributed by atoms with Gasteiger partial charge in [-0.2, -0.15) is 4.39 Å². The summed E-state index contributed by atoms with van der Waals surface area (Å²) in [6.45, 7) is 0. The number of nitrogens with two attached hydrogens (primary N) is 1. The van der Waals surface area contributed by atoms with Crippen LogP contribution in [-0.4, -0.2) is 9.91 Å². The van der Waals surface area contributed by atoms with Crippen LogP contribution in [0, 0.1) is 16.1 Å². The van der Waals surface area contributed by atoms with Crippen molar-refractivity contribution < 1.29 is 18.1 Å². The van der Waals surface area contributed by atoms with E-state index < -0.39 is 34.4 Å². The molecule has 1 aromatic heterocycles. The maximum absolute atomic E-state index is 12.5. The summed E-state index contributed by atoms with van der Waals surface area (Å²) in [6.07, 6.45) is -3.16. The summed E-state index contributed by atoms with van der Waals surface area (Å²) in [5.41, 5.74) is 2.80. The van der Waals surface area contributed by atoms with Crippen LogP contribution in [0.2, 0.25) is 0 Å². The predicted octanol–water partition coefficient (Wildman–Crippen LogP) is 1.65. The topological polar surface area (TPSA) is 82.0 Å². The molecule has 0 spiro atoms. The number of nitrogen functional groups attached to an aromatic ring is 1. The van der Waals surface area contributed by atoms with Crippen LogP contribution >= 0.6 is 0 Å². The molecule has 0 aliphatic rings. The second-order valence-corrected chi connectivity index (χ2v) is 2.32. The number of nitro groups is 1. The predicted molar refractivity (Wildman–Crippen MR) is 40.2 cm³/mol. The van der Waals surface area contributed by atoms with Gasteiger partial charge in [0.15, 0.2) is 0 Å². The molecule has 0 amide bonds. The van der Waals surface area contributed by atoms with Crippen molar-refractivity contribution >= 4 is 11.5 Å². The maximum atomic E-state index is 12.5. The molecule has 0 aliphatic carbocycles. The Balaban J connectivity index is 3.44. The normalized spacial score (nSPS) is 10.6. The van der Waals surface area contributed by atoms with Crippen LogP contribution in [0.15, 0.2) is 6.07 Å². The van der Waals surface area contributed by atoms with Crippen LogP contribution in [0.5, 0.6) is 0 Å². The number of hydrogen-bond donors (Lipinski definition) is 1. The first-order valence-electron chi connectivity index (χ1n) is 3.32. The number of anilines is 1. The van der Waals surface area contributed by atoms with E-state index in [0.717, 1.165) is 0 Å². The van der Waals surface area contributed by atoms with Crippen molar-refractivity contribution in [2.75, 3.05) is 5.73 Å². The van der Waals surface area contributed by atoms with Crippen LogP contribution in [0.25, 0.3) is 0 Å². The minimum Gasteiger partial charge on any atom is -0.383 e. The van der Waals surface area contributed by atoms with E-state index >= 15 is 0 Å². The number of hydrogen-bond acceptors (Lipinski definition) is 4. The Morgan fingerprint density at radius 3 is 2.57 bits per heavy atom. The lowest BCUT2D eigenvalue weighted by Crippen LogP contribution is -2.05. The molecular weight excluding hydrogens is 203 g/mol. The summed E-state index contributed by atoms with van der Waals surface area (Å²) < 4.78 is 37.0. The molecule has 14 heavy (non-hydrogen) atoms. The lowest BCUT2D eigenvalue weighted by Gasteiger charge is -2.03. The van der Waals surface area contributed by atoms with Crippen molar-refractivity contribution in [3.05, 3.63) is 27.7 Å². The molecule has 1 heterocycles. The van der Waals surface area contributed by atoms with Crippen LogP contribution < -0.4 is 5.73 Å². The average molecular weight is 207 g/mol. The highest BCUT2D eigenvalue weighted by molar-refractivity contribution is 5.53. The van der Waals surface area contributed by atoms with Gasteiger partial charge in [0.2, 0.25) is 5.95 Å². The molecule has 0 saturated carbocycles. The Morgan fingerprint density at radius 1 is 1.57 bits per heavy atom. The van der Waals surface area contributed by atoms with Crippen LogP contribution in [-0.2, 0) is 0 Å². The van der Waals surface area contributed by atoms with E-state index in [1.807, 2.05) is 0 Å². The molecule has 0 bridgehead atoms. The van der Waals surface area contributed by atoms with E-state index in [4.69, 9.17) is 5.73 Å². The van der Waals surface area contributed by atoms with E-state index in [1.165, 1.54) is 0 Å². The summed E-state index contributed by atoms with van der Waals surface area (Å²) in [4.78, 5) is 12.0. The average Bonchev–Trinajstić information content (AvgIpc) is 2.01. The van der Waals surface area contributed by atoms with Crippen LogP contribution in [0.3, 0.4) is 0 Å². The fourth-order valence-electron chi connectivity index (χ4n) is 0.904. The fraction of sp³-hybridized carbons (Fsp3) is 0.167. The smallest absolute Gasteiger partial charge is 0.286 e. The SMILES string of the molecule is Nc1nc(F)cc([N+](=O)[O-])c1C(F)F. The summed E-state index contributed by atoms with van der Waals surface area (Å²) >= 11 is 0. The van der Waals surface area contributed by atoms with Crippen LogP contribution in [0.1, 0.15) is 12.0 Å². The van der Waals surface area contributed by atoms with Gasteiger partial charge in [-0.3, -0.25) is 10.1 Å². The number of rotatable bonds is 2. The van der Waals surface area contributed by atoms with E-state index in [-0.39, 0.29) is 0 Å². The zero-order chi connectivity index (χ0) is 10.9. The van der Waals surface area contributed by atoms with Gasteiger partial charge in [-0.05, 0) is 0 Å². The van der Waals surface area contributed by atoms with E-state index in [9.17, 15) is 23.3 Å². The summed E-state index contributed by atoms with van der Waals surface area (Å²) in [5.74, 6) is -2.13. The van der Waals surface area contributed by atoms with Gasteiger partial charge in [-0.15, -0.1) is 0 Å². The van der Waals surface area contributed by atoms with Gasteiger partial charge in [-0.25, -0.2) is 13.8 Å². The minimum atomic E-state index is -3.16. The molecule has 0 radical (unpaired) electrons. The Morgan fingerprint density at radius 2 is 2.14 bits per heavy atom. The highest BCUT2D eigenvalue weighted by Gasteiger charge is 2.26. The van der Waals surface area contributed by atoms with E-state index in [2.05, 4.69) is 4.98 Å². The lowest BCUT2D eigenvalue weighted by molar-refractivity contribution is -0.386. The summed E-state index contributed by atoms with van der Waals surface area (Å²) in [5, 5.41) is 10.3. The van der Waals surface area contributed by atoms with Crippen molar-refractivity contribution in [2.24, 2.45) is 0 Å². The number of halogens is 3. The van der Waals surface area contributed by atoms with Crippen molar-refractivity contribution in [1.82, 2.24) is 4.98 Å². The van der Waals surface area contributed by atoms with Gasteiger partial charge in [0.25, 0.3) is 12.1 Å². The fourth-order valence-corrected chi connectivity index (χ4v) is 0.904. The van der Waals surface area contributed by atoms with Crippen molar-refractivity contribution in [3.63, 3.8) is 0 Å². The zero-order valence-corrected chi connectivity index (χ0v) is 6.58. The van der Waals surface area contributed by atoms with Gasteiger partial charge < -0.3 is 5.73 Å². The molecule has 1 aromatic rings. The second-order valence-electron chi connectivity index (χ2n) is 2.32. The van der Waals surface area contributed by atoms with Crippen molar-refractivity contribution in [3.8, 4) is 0 Å². The first-order chi connectivity index (χ1) is 6.43. The third-order valence-electron chi connectivity index (χ3n) is 1.45. The largest absolute Gasteiger partial charge is 0.383 e. The zero-order valence-electron chi connectivity index (χ0n) is 6.58. The van der Waals surface area contributed by atoms with Gasteiger partial charge in [0, 0.05) is 0 Å². The summed E-state index contributed by atoms with van der Waals surface area (Å²) in [7, 11) is 0. The highest BCUT2D eigenvalue weighted by Crippen LogP contribution is 2.32. The minimum absolute atomic E-state index is 0.303. The van der Waals surface area contributed by atoms with Crippen molar-refractivity contribution in [2.45, 2.75) is 6.43 Å². The maximum Gasteiger partial charge on any atom is 0.286 e. The molecule has 0 aromatic carbocycles.